The molecule has 7 rings (SSSR count). The molecule has 2 atom stereocenters. The van der Waals surface area contributed by atoms with E-state index in [4.69, 9.17) is 35.8 Å². The summed E-state index contributed by atoms with van der Waals surface area (Å²) < 4.78 is 13.2. The molecule has 0 aromatic carbocycles. The Kier molecular flexibility index (Phi) is 6.35. The molecule has 0 bridgehead atoms. The normalized spacial score (nSPS) is 25.3. The Balaban J connectivity index is 1.44. The van der Waals surface area contributed by atoms with Crippen LogP contribution in [0.4, 0.5) is 5.95 Å². The van der Waals surface area contributed by atoms with Gasteiger partial charge in [0, 0.05) is 31.0 Å². The van der Waals surface area contributed by atoms with Crippen molar-refractivity contribution in [1.29, 1.82) is 0 Å². The first-order chi connectivity index (χ1) is 19.0. The van der Waals surface area contributed by atoms with Crippen molar-refractivity contribution < 1.29 is 9.26 Å². The largest absolute Gasteiger partial charge is 0.439 e. The molecule has 0 unspecified atom stereocenters. The highest BCUT2D eigenvalue weighted by atomic mass is 35.5. The Morgan fingerprint density at radius 3 is 2.77 bits per heavy atom. The molecule has 1 aliphatic heterocycles. The van der Waals surface area contributed by atoms with Gasteiger partial charge in [-0.25, -0.2) is 14.8 Å². The first kappa shape index (κ1) is 24.7. The molecule has 0 amide bonds. The first-order valence-electron chi connectivity index (χ1n) is 13.9. The zero-order valence-corrected chi connectivity index (χ0v) is 22.6. The van der Waals surface area contributed by atoms with Gasteiger partial charge in [-0.3, -0.25) is 14.5 Å². The van der Waals surface area contributed by atoms with Gasteiger partial charge in [-0.2, -0.15) is 4.98 Å². The van der Waals surface area contributed by atoms with Crippen molar-refractivity contribution in [2.45, 2.75) is 70.6 Å². The number of nitrogens with zero attached hydrogens (tertiary/aromatic N) is 7. The van der Waals surface area contributed by atoms with E-state index in [1.54, 1.807) is 12.4 Å². The second kappa shape index (κ2) is 10.0. The Hall–Kier alpha value is -3.31. The molecule has 39 heavy (non-hydrogen) atoms. The van der Waals surface area contributed by atoms with Crippen molar-refractivity contribution in [1.82, 2.24) is 34.6 Å². The Labute approximate surface area is 230 Å². The number of rotatable bonds is 5. The number of fused-ring (bicyclic) bond motifs is 2. The van der Waals surface area contributed by atoms with E-state index < -0.39 is 5.76 Å². The summed E-state index contributed by atoms with van der Waals surface area (Å²) in [6, 6.07) is 2.13. The highest BCUT2D eigenvalue weighted by Gasteiger charge is 2.39. The first-order valence-corrected chi connectivity index (χ1v) is 14.2. The van der Waals surface area contributed by atoms with Crippen molar-refractivity contribution in [3.63, 3.8) is 0 Å². The zero-order valence-electron chi connectivity index (χ0n) is 21.8. The van der Waals surface area contributed by atoms with Crippen molar-refractivity contribution in [2.75, 3.05) is 18.1 Å². The standard InChI is InChI=1S/C27H31ClN8O3/c1-15-5-7-16(8-6-15)14-36-22-21(17-11-18(28)13-29-12-17)30-24(25-33-27(37)39-34-25)31-23(22)32-26(36)35-9-10-38-20-4-2-3-19(20)35/h11-13,15-16,19-20H,2-10,14H2,1H3,(H,33,34,37)/t15-,16-,19-,20-/m0/s1. The van der Waals surface area contributed by atoms with Crippen LogP contribution >= 0.6 is 11.6 Å². The lowest BCUT2D eigenvalue weighted by molar-refractivity contribution is 0.0247. The number of ether oxygens (including phenoxy) is 1. The smallest absolute Gasteiger partial charge is 0.374 e. The van der Waals surface area contributed by atoms with Gasteiger partial charge in [-0.1, -0.05) is 36.5 Å². The Morgan fingerprint density at radius 1 is 1.10 bits per heavy atom. The number of hydrogen-bond acceptors (Lipinski definition) is 9. The number of imidazole rings is 1. The number of aromatic amines is 1. The van der Waals surface area contributed by atoms with Gasteiger partial charge < -0.3 is 14.2 Å². The molecule has 2 aliphatic carbocycles. The van der Waals surface area contributed by atoms with E-state index in [1.165, 1.54) is 25.7 Å². The molecule has 3 aliphatic rings. The summed E-state index contributed by atoms with van der Waals surface area (Å²) in [6.07, 6.45) is 11.7. The van der Waals surface area contributed by atoms with Crippen molar-refractivity contribution in [3.8, 4) is 22.9 Å². The van der Waals surface area contributed by atoms with E-state index in [-0.39, 0.29) is 23.8 Å². The second-order valence-corrected chi connectivity index (χ2v) is 11.6. The molecule has 5 heterocycles. The average molecular weight is 551 g/mol. The summed E-state index contributed by atoms with van der Waals surface area (Å²) in [6.45, 7) is 4.62. The molecule has 1 N–H and O–H groups in total. The number of morpholine rings is 1. The fourth-order valence-electron chi connectivity index (χ4n) is 6.54. The predicted molar refractivity (Wildman–Crippen MR) is 146 cm³/mol. The fourth-order valence-corrected chi connectivity index (χ4v) is 6.71. The van der Waals surface area contributed by atoms with Crippen LogP contribution in [0.25, 0.3) is 34.1 Å². The molecule has 11 nitrogen and oxygen atoms in total. The predicted octanol–water partition coefficient (Wildman–Crippen LogP) is 4.47. The quantitative estimate of drug-likeness (QED) is 0.382. The molecule has 2 saturated carbocycles. The summed E-state index contributed by atoms with van der Waals surface area (Å²) in [5, 5.41) is 4.34. The van der Waals surface area contributed by atoms with Crippen LogP contribution in [0.15, 0.2) is 27.8 Å². The van der Waals surface area contributed by atoms with Crippen LogP contribution in [0.1, 0.15) is 51.9 Å². The molecule has 0 spiro atoms. The Bertz CT molecular complexity index is 1560. The minimum Gasteiger partial charge on any atom is -0.374 e. The Morgan fingerprint density at radius 2 is 1.97 bits per heavy atom. The molecule has 12 heteroatoms. The minimum atomic E-state index is -0.669. The van der Waals surface area contributed by atoms with Gasteiger partial charge in [0.1, 0.15) is 11.2 Å². The van der Waals surface area contributed by atoms with Crippen LogP contribution in [-0.2, 0) is 11.3 Å². The van der Waals surface area contributed by atoms with Crippen LogP contribution in [0.3, 0.4) is 0 Å². The molecule has 3 fully saturated rings. The highest BCUT2D eigenvalue weighted by Crippen LogP contribution is 2.39. The lowest BCUT2D eigenvalue weighted by atomic mass is 9.83. The van der Waals surface area contributed by atoms with E-state index >= 15 is 0 Å². The van der Waals surface area contributed by atoms with Gasteiger partial charge in [-0.15, -0.1) is 0 Å². The van der Waals surface area contributed by atoms with E-state index in [9.17, 15) is 4.79 Å². The van der Waals surface area contributed by atoms with E-state index in [0.29, 0.717) is 28.9 Å². The summed E-state index contributed by atoms with van der Waals surface area (Å²) in [5.41, 5.74) is 2.77. The third-order valence-corrected chi connectivity index (χ3v) is 8.74. The fraction of sp³-hybridized carbons (Fsp3) is 0.556. The monoisotopic (exact) mass is 550 g/mol. The highest BCUT2D eigenvalue weighted by molar-refractivity contribution is 6.30. The van der Waals surface area contributed by atoms with E-state index in [1.807, 2.05) is 6.07 Å². The number of nitrogens with one attached hydrogen (secondary N) is 1. The summed E-state index contributed by atoms with van der Waals surface area (Å²) in [4.78, 5) is 35.9. The molecule has 204 valence electrons. The number of halogens is 1. The van der Waals surface area contributed by atoms with Gasteiger partial charge in [0.2, 0.25) is 17.6 Å². The molecular formula is C27H31ClN8O3. The van der Waals surface area contributed by atoms with Crippen LogP contribution < -0.4 is 10.7 Å². The number of aromatic nitrogens is 7. The maximum Gasteiger partial charge on any atom is 0.439 e. The maximum absolute atomic E-state index is 11.7. The molecular weight excluding hydrogens is 520 g/mol. The van der Waals surface area contributed by atoms with Gasteiger partial charge in [0.15, 0.2) is 5.65 Å². The van der Waals surface area contributed by atoms with E-state index in [2.05, 4.69) is 31.5 Å². The number of anilines is 1. The summed E-state index contributed by atoms with van der Waals surface area (Å²) >= 11 is 6.38. The molecule has 4 aromatic heterocycles. The number of pyridine rings is 1. The van der Waals surface area contributed by atoms with Crippen LogP contribution in [-0.4, -0.2) is 59.9 Å². The molecule has 0 radical (unpaired) electrons. The lowest BCUT2D eigenvalue weighted by Gasteiger charge is -2.39. The molecule has 4 aromatic rings. The van der Waals surface area contributed by atoms with Crippen molar-refractivity contribution >= 4 is 28.7 Å². The van der Waals surface area contributed by atoms with Crippen molar-refractivity contribution in [2.24, 2.45) is 11.8 Å². The van der Waals surface area contributed by atoms with Gasteiger partial charge in [-0.05, 0) is 50.0 Å². The minimum absolute atomic E-state index is 0.151. The van der Waals surface area contributed by atoms with Gasteiger partial charge in [0.05, 0.1) is 23.8 Å². The topological polar surface area (TPSA) is 128 Å². The third-order valence-electron chi connectivity index (χ3n) is 8.53. The summed E-state index contributed by atoms with van der Waals surface area (Å²) in [7, 11) is 0. The zero-order chi connectivity index (χ0) is 26.5. The maximum atomic E-state index is 11.7. The molecule has 1 saturated heterocycles. The van der Waals surface area contributed by atoms with Crippen LogP contribution in [0.5, 0.6) is 0 Å². The van der Waals surface area contributed by atoms with Gasteiger partial charge >= 0.3 is 5.76 Å². The second-order valence-electron chi connectivity index (χ2n) is 11.2. The SMILES string of the molecule is C[C@H]1CC[C@H](Cn2c(N3CCO[C@H]4CCC[C@@H]43)nc3nc(-c4noc(=O)[nH]4)nc(-c4cncc(Cl)c4)c32)CC1. The number of hydrogen-bond donors (Lipinski definition) is 1. The van der Waals surface area contributed by atoms with Crippen molar-refractivity contribution in [3.05, 3.63) is 34.0 Å². The van der Waals surface area contributed by atoms with Crippen LogP contribution in [0, 0.1) is 11.8 Å². The summed E-state index contributed by atoms with van der Waals surface area (Å²) in [5.74, 6) is 1.92. The lowest BCUT2D eigenvalue weighted by Crippen LogP contribution is -2.49. The van der Waals surface area contributed by atoms with Gasteiger partial charge in [0.25, 0.3) is 0 Å². The van der Waals surface area contributed by atoms with E-state index in [0.717, 1.165) is 55.3 Å². The van der Waals surface area contributed by atoms with Crippen LogP contribution in [0.2, 0.25) is 5.02 Å². The average Bonchev–Trinajstić information content (AvgIpc) is 3.68. The third kappa shape index (κ3) is 4.61. The number of H-pyrrole nitrogens is 1.